The van der Waals surface area contributed by atoms with Crippen molar-refractivity contribution in [3.05, 3.63) is 60.7 Å². The zero-order chi connectivity index (χ0) is 18.7. The fraction of sp³-hybridized carbons (Fsp3) is 0.381. The summed E-state index contributed by atoms with van der Waals surface area (Å²) in [6, 6.07) is 20.0. The monoisotopic (exact) mass is 356 g/mol. The fourth-order valence-corrected chi connectivity index (χ4v) is 7.48. The van der Waals surface area contributed by atoms with Gasteiger partial charge >= 0.3 is 14.3 Å². The molecule has 0 amide bonds. The van der Waals surface area contributed by atoms with Gasteiger partial charge in [-0.05, 0) is 29.3 Å². The molecule has 0 aliphatic heterocycles. The Balaban J connectivity index is 2.71. The first-order chi connectivity index (χ1) is 11.6. The van der Waals surface area contributed by atoms with E-state index in [4.69, 9.17) is 4.43 Å². The van der Waals surface area contributed by atoms with Crippen molar-refractivity contribution in [1.82, 2.24) is 0 Å². The van der Waals surface area contributed by atoms with E-state index in [1.807, 2.05) is 60.7 Å². The molecule has 0 saturated carbocycles. The number of rotatable bonds is 5. The van der Waals surface area contributed by atoms with E-state index in [-0.39, 0.29) is 17.6 Å². The van der Waals surface area contributed by atoms with Crippen LogP contribution in [-0.4, -0.2) is 26.0 Å². The molecule has 2 aromatic carbocycles. The average molecular weight is 357 g/mol. The van der Waals surface area contributed by atoms with Crippen molar-refractivity contribution in [2.75, 3.05) is 6.61 Å². The predicted octanol–water partition coefficient (Wildman–Crippen LogP) is 3.11. The van der Waals surface area contributed by atoms with E-state index >= 15 is 0 Å². The van der Waals surface area contributed by atoms with Gasteiger partial charge in [0.1, 0.15) is 0 Å². The molecular formula is C21H28O3Si. The molecule has 134 valence electrons. The van der Waals surface area contributed by atoms with E-state index in [0.717, 1.165) is 10.4 Å². The van der Waals surface area contributed by atoms with Crippen LogP contribution in [0.25, 0.3) is 0 Å². The minimum atomic E-state index is -2.90. The van der Waals surface area contributed by atoms with Crippen LogP contribution in [0.2, 0.25) is 5.04 Å². The maximum Gasteiger partial charge on any atom is 0.323 e. The van der Waals surface area contributed by atoms with Crippen molar-refractivity contribution in [3.8, 4) is 0 Å². The first-order valence-corrected chi connectivity index (χ1v) is 10.5. The van der Waals surface area contributed by atoms with Gasteiger partial charge in [-0.25, -0.2) is 0 Å². The van der Waals surface area contributed by atoms with Crippen LogP contribution in [0, 0.1) is 5.41 Å². The molecule has 0 spiro atoms. The number of hydrogen-bond donors (Lipinski definition) is 1. The first kappa shape index (κ1) is 19.4. The molecule has 0 aliphatic carbocycles. The maximum atomic E-state index is 13.0. The van der Waals surface area contributed by atoms with Crippen molar-refractivity contribution < 1.29 is 14.3 Å². The van der Waals surface area contributed by atoms with Gasteiger partial charge in [0.05, 0.1) is 12.0 Å². The third kappa shape index (κ3) is 3.70. The average Bonchev–Trinajstić information content (AvgIpc) is 2.59. The van der Waals surface area contributed by atoms with Crippen molar-refractivity contribution >= 4 is 24.7 Å². The van der Waals surface area contributed by atoms with Gasteiger partial charge in [-0.1, -0.05) is 81.4 Å². The maximum absolute atomic E-state index is 13.0. The molecule has 2 rings (SSSR count). The summed E-state index contributed by atoms with van der Waals surface area (Å²) in [5.74, 6) is -0.357. The van der Waals surface area contributed by atoms with Crippen LogP contribution in [0.1, 0.15) is 34.6 Å². The third-order valence-corrected chi connectivity index (χ3v) is 9.51. The lowest BCUT2D eigenvalue weighted by Crippen LogP contribution is -2.68. The van der Waals surface area contributed by atoms with Gasteiger partial charge in [-0.3, -0.25) is 4.79 Å². The van der Waals surface area contributed by atoms with Crippen molar-refractivity contribution in [3.63, 3.8) is 0 Å². The lowest BCUT2D eigenvalue weighted by atomic mass is 9.96. The molecule has 25 heavy (non-hydrogen) atoms. The second-order valence-corrected chi connectivity index (χ2v) is 12.3. The van der Waals surface area contributed by atoms with Crippen LogP contribution in [-0.2, 0) is 9.22 Å². The van der Waals surface area contributed by atoms with Gasteiger partial charge < -0.3 is 9.53 Å². The summed E-state index contributed by atoms with van der Waals surface area (Å²) >= 11 is 0. The molecule has 0 heterocycles. The quantitative estimate of drug-likeness (QED) is 0.838. The van der Waals surface area contributed by atoms with E-state index in [9.17, 15) is 9.90 Å². The molecule has 4 heteroatoms. The van der Waals surface area contributed by atoms with Gasteiger partial charge in [0.25, 0.3) is 0 Å². The lowest BCUT2D eigenvalue weighted by molar-refractivity contribution is -0.147. The standard InChI is InChI=1S/C21H28O3Si/c1-20(2,3)25(17-12-8-6-9-13-17,18-14-10-7-11-15-18)24-19(23)21(4,5)16-22/h6-15,22H,16H2,1-5H3. The Morgan fingerprint density at radius 2 is 1.28 bits per heavy atom. The summed E-state index contributed by atoms with van der Waals surface area (Å²) in [6.07, 6.45) is 0. The Bertz CT molecular complexity index is 663. The molecule has 0 radical (unpaired) electrons. The van der Waals surface area contributed by atoms with Gasteiger partial charge in [0.15, 0.2) is 0 Å². The Morgan fingerprint density at radius 3 is 1.60 bits per heavy atom. The summed E-state index contributed by atoms with van der Waals surface area (Å²) in [5.41, 5.74) is -0.937. The molecule has 3 nitrogen and oxygen atoms in total. The normalized spacial score (nSPS) is 12.7. The minimum Gasteiger partial charge on any atom is -0.509 e. The molecule has 0 aromatic heterocycles. The first-order valence-electron chi connectivity index (χ1n) is 8.60. The van der Waals surface area contributed by atoms with Crippen LogP contribution in [0.3, 0.4) is 0 Å². The van der Waals surface area contributed by atoms with Gasteiger partial charge in [0.2, 0.25) is 0 Å². The summed E-state index contributed by atoms with van der Waals surface area (Å²) in [7, 11) is -2.90. The van der Waals surface area contributed by atoms with E-state index in [2.05, 4.69) is 20.8 Å². The zero-order valence-corrected chi connectivity index (χ0v) is 16.7. The number of benzene rings is 2. The molecule has 0 saturated heterocycles. The SMILES string of the molecule is CC(C)(CO)C(=O)O[Si](c1ccccc1)(c1ccccc1)C(C)(C)C. The van der Waals surface area contributed by atoms with E-state index < -0.39 is 13.7 Å². The lowest BCUT2D eigenvalue weighted by Gasteiger charge is -2.43. The number of aliphatic hydroxyl groups excluding tert-OH is 1. The summed E-state index contributed by atoms with van der Waals surface area (Å²) in [4.78, 5) is 13.0. The highest BCUT2D eigenvalue weighted by Crippen LogP contribution is 2.38. The Hall–Kier alpha value is -1.91. The van der Waals surface area contributed by atoms with Crippen molar-refractivity contribution in [2.45, 2.75) is 39.7 Å². The smallest absolute Gasteiger partial charge is 0.323 e. The predicted molar refractivity (Wildman–Crippen MR) is 105 cm³/mol. The zero-order valence-electron chi connectivity index (χ0n) is 15.7. The number of aliphatic hydroxyl groups is 1. The Kier molecular flexibility index (Phi) is 5.54. The topological polar surface area (TPSA) is 46.5 Å². The van der Waals surface area contributed by atoms with Crippen molar-refractivity contribution in [2.24, 2.45) is 5.41 Å². The second kappa shape index (κ2) is 7.14. The molecule has 0 bridgehead atoms. The summed E-state index contributed by atoms with van der Waals surface area (Å²) < 4.78 is 6.37. The van der Waals surface area contributed by atoms with Crippen molar-refractivity contribution in [1.29, 1.82) is 0 Å². The van der Waals surface area contributed by atoms with Crippen LogP contribution in [0.4, 0.5) is 0 Å². The van der Waals surface area contributed by atoms with Gasteiger partial charge in [0, 0.05) is 0 Å². The molecule has 2 aromatic rings. The third-order valence-electron chi connectivity index (χ3n) is 4.61. The Morgan fingerprint density at radius 1 is 0.880 bits per heavy atom. The van der Waals surface area contributed by atoms with Crippen LogP contribution in [0.5, 0.6) is 0 Å². The fourth-order valence-electron chi connectivity index (χ4n) is 2.99. The molecule has 0 fully saturated rings. The highest BCUT2D eigenvalue weighted by Gasteiger charge is 2.54. The Labute approximate surface area is 151 Å². The molecule has 0 unspecified atom stereocenters. The summed E-state index contributed by atoms with van der Waals surface area (Å²) in [6.45, 7) is 9.56. The van der Waals surface area contributed by atoms with E-state index in [0.29, 0.717) is 0 Å². The molecule has 1 N–H and O–H groups in total. The number of carbonyl (C=O) groups excluding carboxylic acids is 1. The van der Waals surface area contributed by atoms with Crippen LogP contribution >= 0.6 is 0 Å². The highest BCUT2D eigenvalue weighted by molar-refractivity contribution is 7.00. The van der Waals surface area contributed by atoms with Gasteiger partial charge in [-0.15, -0.1) is 0 Å². The highest BCUT2D eigenvalue weighted by atomic mass is 28.4. The van der Waals surface area contributed by atoms with Gasteiger partial charge in [-0.2, -0.15) is 0 Å². The van der Waals surface area contributed by atoms with Crippen LogP contribution < -0.4 is 10.4 Å². The number of carbonyl (C=O) groups is 1. The molecule has 0 atom stereocenters. The summed E-state index contributed by atoms with van der Waals surface area (Å²) in [5, 5.41) is 11.5. The molecular weight excluding hydrogens is 328 g/mol. The second-order valence-electron chi connectivity index (χ2n) is 8.09. The van der Waals surface area contributed by atoms with E-state index in [1.54, 1.807) is 13.8 Å². The van der Waals surface area contributed by atoms with Crippen LogP contribution in [0.15, 0.2) is 60.7 Å². The number of hydrogen-bond acceptors (Lipinski definition) is 3. The minimum absolute atomic E-state index is 0.246. The largest absolute Gasteiger partial charge is 0.509 e. The van der Waals surface area contributed by atoms with E-state index in [1.165, 1.54) is 0 Å². The molecule has 0 aliphatic rings.